The molecule has 0 fully saturated rings. The third kappa shape index (κ3) is 3.80. The van der Waals surface area contributed by atoms with E-state index >= 15 is 0 Å². The number of anilines is 3. The van der Waals surface area contributed by atoms with Crippen molar-refractivity contribution < 1.29 is 4.39 Å². The molecule has 3 rings (SSSR count). The van der Waals surface area contributed by atoms with Gasteiger partial charge in [0.15, 0.2) is 5.82 Å². The summed E-state index contributed by atoms with van der Waals surface area (Å²) in [6, 6.07) is 6.22. The van der Waals surface area contributed by atoms with Crippen LogP contribution in [-0.4, -0.2) is 19.7 Å². The van der Waals surface area contributed by atoms with E-state index < -0.39 is 0 Å². The van der Waals surface area contributed by atoms with Gasteiger partial charge in [0.25, 0.3) is 0 Å². The molecule has 8 heteroatoms. The summed E-state index contributed by atoms with van der Waals surface area (Å²) in [6.45, 7) is 1.90. The summed E-state index contributed by atoms with van der Waals surface area (Å²) < 4.78 is 15.0. The molecule has 6 nitrogen and oxygen atoms in total. The fourth-order valence-corrected chi connectivity index (χ4v) is 2.35. The van der Waals surface area contributed by atoms with Crippen LogP contribution in [0.5, 0.6) is 0 Å². The summed E-state index contributed by atoms with van der Waals surface area (Å²) in [6.07, 6.45) is 4.98. The third-order valence-electron chi connectivity index (χ3n) is 3.41. The van der Waals surface area contributed by atoms with Gasteiger partial charge >= 0.3 is 0 Å². The van der Waals surface area contributed by atoms with Crippen LogP contribution in [0.2, 0.25) is 5.02 Å². The second-order valence-corrected chi connectivity index (χ2v) is 5.75. The molecule has 2 N–H and O–H groups in total. The van der Waals surface area contributed by atoms with Crippen molar-refractivity contribution in [2.75, 3.05) is 10.6 Å². The van der Waals surface area contributed by atoms with Crippen LogP contribution in [0.25, 0.3) is 0 Å². The van der Waals surface area contributed by atoms with Gasteiger partial charge in [0.2, 0.25) is 5.95 Å². The zero-order valence-electron chi connectivity index (χ0n) is 13.2. The number of rotatable bonds is 5. The van der Waals surface area contributed by atoms with Gasteiger partial charge in [-0.15, -0.1) is 0 Å². The second kappa shape index (κ2) is 6.84. The van der Waals surface area contributed by atoms with E-state index in [0.29, 0.717) is 16.8 Å². The minimum absolute atomic E-state index is 0.167. The molecule has 1 aromatic carbocycles. The highest BCUT2D eigenvalue weighted by Crippen LogP contribution is 2.25. The highest BCUT2D eigenvalue weighted by molar-refractivity contribution is 6.32. The van der Waals surface area contributed by atoms with Crippen molar-refractivity contribution in [3.63, 3.8) is 0 Å². The first-order valence-electron chi connectivity index (χ1n) is 7.31. The lowest BCUT2D eigenvalue weighted by Gasteiger charge is -2.16. The van der Waals surface area contributed by atoms with Gasteiger partial charge in [0.1, 0.15) is 10.8 Å². The third-order valence-corrected chi connectivity index (χ3v) is 3.68. The number of hydrogen-bond acceptors (Lipinski definition) is 5. The monoisotopic (exact) mass is 346 g/mol. The van der Waals surface area contributed by atoms with E-state index in [0.717, 1.165) is 11.3 Å². The highest BCUT2D eigenvalue weighted by atomic mass is 35.5. The van der Waals surface area contributed by atoms with Crippen molar-refractivity contribution in [3.05, 3.63) is 59.3 Å². The van der Waals surface area contributed by atoms with Crippen molar-refractivity contribution in [2.45, 2.75) is 13.0 Å². The average Bonchev–Trinajstić information content (AvgIpc) is 2.95. The molecule has 0 aliphatic carbocycles. The first-order chi connectivity index (χ1) is 11.5. The molecule has 0 amide bonds. The van der Waals surface area contributed by atoms with Crippen molar-refractivity contribution in [1.82, 2.24) is 19.7 Å². The summed E-state index contributed by atoms with van der Waals surface area (Å²) in [7, 11) is 1.82. The molecule has 0 radical (unpaired) electrons. The van der Waals surface area contributed by atoms with Crippen LogP contribution in [0, 0.1) is 5.82 Å². The molecular formula is C16H16ClFN6. The lowest BCUT2D eigenvalue weighted by molar-refractivity contribution is 0.623. The predicted molar refractivity (Wildman–Crippen MR) is 92.0 cm³/mol. The first-order valence-corrected chi connectivity index (χ1v) is 7.69. The zero-order valence-corrected chi connectivity index (χ0v) is 13.9. The van der Waals surface area contributed by atoms with Crippen LogP contribution in [-0.2, 0) is 7.05 Å². The summed E-state index contributed by atoms with van der Waals surface area (Å²) >= 11 is 6.16. The van der Waals surface area contributed by atoms with Gasteiger partial charge in [-0.3, -0.25) is 4.68 Å². The van der Waals surface area contributed by atoms with Crippen LogP contribution < -0.4 is 10.6 Å². The fraction of sp³-hybridized carbons (Fsp3) is 0.188. The molecule has 0 spiro atoms. The Hall–Kier alpha value is -2.67. The molecule has 2 heterocycles. The van der Waals surface area contributed by atoms with E-state index in [-0.39, 0.29) is 11.9 Å². The first kappa shape index (κ1) is 16.2. The van der Waals surface area contributed by atoms with E-state index in [9.17, 15) is 4.39 Å². The van der Waals surface area contributed by atoms with Crippen LogP contribution in [0.3, 0.4) is 0 Å². The quantitative estimate of drug-likeness (QED) is 0.733. The van der Waals surface area contributed by atoms with Crippen LogP contribution in [0.1, 0.15) is 18.5 Å². The molecule has 1 atom stereocenters. The maximum atomic E-state index is 13.4. The number of hydrogen-bond donors (Lipinski definition) is 2. The Balaban J connectivity index is 1.78. The van der Waals surface area contributed by atoms with Gasteiger partial charge in [-0.25, -0.2) is 9.37 Å². The Morgan fingerprint density at radius 2 is 2.12 bits per heavy atom. The van der Waals surface area contributed by atoms with Crippen molar-refractivity contribution >= 4 is 29.1 Å². The molecular weight excluding hydrogens is 331 g/mol. The number of halogens is 2. The van der Waals surface area contributed by atoms with Crippen molar-refractivity contribution in [2.24, 2.45) is 7.05 Å². The van der Waals surface area contributed by atoms with E-state index in [4.69, 9.17) is 11.6 Å². The van der Waals surface area contributed by atoms with Gasteiger partial charge < -0.3 is 10.6 Å². The fourth-order valence-electron chi connectivity index (χ4n) is 2.21. The number of aryl methyl sites for hydroxylation is 1. The van der Waals surface area contributed by atoms with Gasteiger partial charge in [-0.2, -0.15) is 10.1 Å². The Bertz CT molecular complexity index is 850. The van der Waals surface area contributed by atoms with Crippen LogP contribution >= 0.6 is 11.6 Å². The van der Waals surface area contributed by atoms with E-state index in [1.807, 2.05) is 20.0 Å². The Labute approximate surface area is 143 Å². The van der Waals surface area contributed by atoms with Gasteiger partial charge in [-0.1, -0.05) is 23.7 Å². The molecule has 124 valence electrons. The Morgan fingerprint density at radius 1 is 1.29 bits per heavy atom. The summed E-state index contributed by atoms with van der Waals surface area (Å²) in [5, 5.41) is 10.7. The molecule has 0 bridgehead atoms. The summed E-state index contributed by atoms with van der Waals surface area (Å²) in [5.41, 5.74) is 1.57. The highest BCUT2D eigenvalue weighted by Gasteiger charge is 2.11. The Morgan fingerprint density at radius 3 is 2.83 bits per heavy atom. The molecule has 0 saturated heterocycles. The largest absolute Gasteiger partial charge is 0.362 e. The predicted octanol–water partition coefficient (Wildman–Crippen LogP) is 3.92. The van der Waals surface area contributed by atoms with E-state index in [2.05, 4.69) is 25.7 Å². The number of aromatic nitrogens is 4. The maximum absolute atomic E-state index is 13.4. The lowest BCUT2D eigenvalue weighted by Crippen LogP contribution is -2.10. The molecule has 0 aliphatic rings. The zero-order chi connectivity index (χ0) is 17.1. The van der Waals surface area contributed by atoms with Gasteiger partial charge in [0.05, 0.1) is 24.1 Å². The maximum Gasteiger partial charge on any atom is 0.229 e. The molecule has 0 saturated carbocycles. The van der Waals surface area contributed by atoms with Gasteiger partial charge in [0, 0.05) is 13.2 Å². The molecule has 1 unspecified atom stereocenters. The van der Waals surface area contributed by atoms with Crippen LogP contribution in [0.15, 0.2) is 42.9 Å². The van der Waals surface area contributed by atoms with Crippen molar-refractivity contribution in [1.29, 1.82) is 0 Å². The summed E-state index contributed by atoms with van der Waals surface area (Å²) in [4.78, 5) is 8.52. The van der Waals surface area contributed by atoms with E-state index in [1.54, 1.807) is 23.1 Å². The van der Waals surface area contributed by atoms with Gasteiger partial charge in [-0.05, 0) is 24.6 Å². The molecule has 0 aliphatic heterocycles. The number of nitrogens with zero attached hydrogens (tertiary/aromatic N) is 4. The molecule has 2 aromatic heterocycles. The minimum atomic E-state index is -0.283. The standard InChI is InChI=1S/C16H16ClFN6/c1-10(11-4-3-5-12(18)6-11)21-15-14(17)8-19-16(23-15)22-13-7-20-24(2)9-13/h3-10H,1-2H3,(H2,19,21,22,23). The summed E-state index contributed by atoms with van der Waals surface area (Å²) in [5.74, 6) is 0.574. The topological polar surface area (TPSA) is 67.7 Å². The smallest absolute Gasteiger partial charge is 0.229 e. The molecule has 3 aromatic rings. The van der Waals surface area contributed by atoms with Crippen LogP contribution in [0.4, 0.5) is 21.8 Å². The van der Waals surface area contributed by atoms with E-state index in [1.165, 1.54) is 18.3 Å². The second-order valence-electron chi connectivity index (χ2n) is 5.34. The minimum Gasteiger partial charge on any atom is -0.362 e. The van der Waals surface area contributed by atoms with Crippen molar-refractivity contribution in [3.8, 4) is 0 Å². The number of nitrogens with one attached hydrogen (secondary N) is 2. The number of benzene rings is 1. The SMILES string of the molecule is CC(Nc1nc(Nc2cnn(C)c2)ncc1Cl)c1cccc(F)c1. The normalized spacial score (nSPS) is 12.0. The average molecular weight is 347 g/mol. The lowest BCUT2D eigenvalue weighted by atomic mass is 10.1. The Kier molecular flexibility index (Phi) is 4.61. The molecule has 24 heavy (non-hydrogen) atoms.